The summed E-state index contributed by atoms with van der Waals surface area (Å²) in [5, 5.41) is 12.0. The van der Waals surface area contributed by atoms with E-state index < -0.39 is 6.10 Å². The Morgan fingerprint density at radius 1 is 1.40 bits per heavy atom. The molecule has 1 unspecified atom stereocenters. The predicted octanol–water partition coefficient (Wildman–Crippen LogP) is 4.06. The van der Waals surface area contributed by atoms with Crippen molar-refractivity contribution in [2.24, 2.45) is 0 Å². The lowest BCUT2D eigenvalue weighted by atomic mass is 9.98. The Morgan fingerprint density at radius 3 is 2.95 bits per heavy atom. The first-order chi connectivity index (χ1) is 9.58. The average molecular weight is 291 g/mol. The van der Waals surface area contributed by atoms with Gasteiger partial charge < -0.3 is 10.0 Å². The van der Waals surface area contributed by atoms with Gasteiger partial charge in [-0.3, -0.25) is 0 Å². The molecule has 0 radical (unpaired) electrons. The molecule has 2 nitrogen and oxygen atoms in total. The van der Waals surface area contributed by atoms with E-state index in [1.54, 1.807) is 24.3 Å². The van der Waals surface area contributed by atoms with Crippen LogP contribution < -0.4 is 4.90 Å². The Morgan fingerprint density at radius 2 is 2.20 bits per heavy atom. The molecule has 0 aliphatic carbocycles. The van der Waals surface area contributed by atoms with Gasteiger partial charge in [0.2, 0.25) is 0 Å². The minimum Gasteiger partial charge on any atom is -0.389 e. The van der Waals surface area contributed by atoms with Gasteiger partial charge >= 0.3 is 0 Å². The molecule has 1 aliphatic rings. The summed E-state index contributed by atoms with van der Waals surface area (Å²) in [4.78, 5) is 3.70. The zero-order chi connectivity index (χ0) is 14.3. The van der Waals surface area contributed by atoms with E-state index in [0.29, 0.717) is 5.56 Å². The highest BCUT2D eigenvalue weighted by Crippen LogP contribution is 2.38. The number of fused-ring (bicyclic) bond motifs is 1. The number of hydrogen-bond donors (Lipinski definition) is 1. The van der Waals surface area contributed by atoms with Crippen LogP contribution >= 0.6 is 11.3 Å². The van der Waals surface area contributed by atoms with Gasteiger partial charge in [0, 0.05) is 22.7 Å². The molecule has 1 aliphatic heterocycles. The molecule has 0 spiro atoms. The van der Waals surface area contributed by atoms with E-state index in [1.165, 1.54) is 22.6 Å². The maximum Gasteiger partial charge on any atom is 0.123 e. The summed E-state index contributed by atoms with van der Waals surface area (Å²) in [5.74, 6) is -0.300. The quantitative estimate of drug-likeness (QED) is 0.902. The number of halogens is 1. The largest absolute Gasteiger partial charge is 0.389 e. The van der Waals surface area contributed by atoms with Crippen LogP contribution in [0.4, 0.5) is 10.1 Å². The van der Waals surface area contributed by atoms with Crippen molar-refractivity contribution in [1.82, 2.24) is 0 Å². The van der Waals surface area contributed by atoms with Crippen molar-refractivity contribution in [3.63, 3.8) is 0 Å². The van der Waals surface area contributed by atoms with Gasteiger partial charge in [0.25, 0.3) is 0 Å². The van der Waals surface area contributed by atoms with Crippen molar-refractivity contribution < 1.29 is 9.50 Å². The minimum absolute atomic E-state index is 0.257. The third-order valence-corrected chi connectivity index (χ3v) is 5.02. The first kappa shape index (κ1) is 13.6. The van der Waals surface area contributed by atoms with Gasteiger partial charge in [-0.25, -0.2) is 4.39 Å². The van der Waals surface area contributed by atoms with Crippen LogP contribution in [0.3, 0.4) is 0 Å². The molecule has 2 heterocycles. The van der Waals surface area contributed by atoms with Crippen molar-refractivity contribution in [1.29, 1.82) is 0 Å². The van der Waals surface area contributed by atoms with Gasteiger partial charge in [-0.1, -0.05) is 0 Å². The SMILES string of the molecule is CC1c2ccsc2CCN1c1ccc(F)cc1[C@H](C)O. The number of aliphatic hydroxyl groups is 1. The highest BCUT2D eigenvalue weighted by atomic mass is 32.1. The molecule has 20 heavy (non-hydrogen) atoms. The van der Waals surface area contributed by atoms with Crippen LogP contribution in [0.15, 0.2) is 29.6 Å². The van der Waals surface area contributed by atoms with E-state index in [2.05, 4.69) is 23.3 Å². The molecule has 4 heteroatoms. The monoisotopic (exact) mass is 291 g/mol. The maximum absolute atomic E-state index is 13.4. The van der Waals surface area contributed by atoms with Gasteiger partial charge in [-0.15, -0.1) is 11.3 Å². The van der Waals surface area contributed by atoms with E-state index in [1.807, 2.05) is 0 Å². The molecule has 0 fully saturated rings. The lowest BCUT2D eigenvalue weighted by Gasteiger charge is -2.37. The maximum atomic E-state index is 13.4. The average Bonchev–Trinajstić information content (AvgIpc) is 2.89. The first-order valence-electron chi connectivity index (χ1n) is 6.88. The highest BCUT2D eigenvalue weighted by molar-refractivity contribution is 7.10. The van der Waals surface area contributed by atoms with Crippen LogP contribution in [0.1, 0.15) is 42.0 Å². The smallest absolute Gasteiger partial charge is 0.123 e. The molecule has 0 bridgehead atoms. The lowest BCUT2D eigenvalue weighted by Crippen LogP contribution is -2.34. The second kappa shape index (κ2) is 5.19. The van der Waals surface area contributed by atoms with Crippen LogP contribution in [-0.2, 0) is 6.42 Å². The topological polar surface area (TPSA) is 23.5 Å². The molecule has 106 valence electrons. The van der Waals surface area contributed by atoms with E-state index in [-0.39, 0.29) is 11.9 Å². The second-order valence-corrected chi connectivity index (χ2v) is 6.30. The van der Waals surface area contributed by atoms with Gasteiger partial charge in [-0.2, -0.15) is 0 Å². The zero-order valence-corrected chi connectivity index (χ0v) is 12.5. The molecule has 1 N–H and O–H groups in total. The fourth-order valence-electron chi connectivity index (χ4n) is 2.96. The second-order valence-electron chi connectivity index (χ2n) is 5.30. The van der Waals surface area contributed by atoms with Crippen molar-refractivity contribution in [3.8, 4) is 0 Å². The number of thiophene rings is 1. The Balaban J connectivity index is 2.02. The number of anilines is 1. The van der Waals surface area contributed by atoms with Crippen LogP contribution in [0.2, 0.25) is 0 Å². The Hall–Kier alpha value is -1.39. The third kappa shape index (κ3) is 2.23. The third-order valence-electron chi connectivity index (χ3n) is 4.03. The molecule has 3 rings (SSSR count). The van der Waals surface area contributed by atoms with E-state index in [4.69, 9.17) is 0 Å². The molecule has 2 aromatic rings. The summed E-state index contributed by atoms with van der Waals surface area (Å²) in [6.07, 6.45) is 0.338. The van der Waals surface area contributed by atoms with Crippen molar-refractivity contribution >= 4 is 17.0 Å². The zero-order valence-electron chi connectivity index (χ0n) is 11.6. The molecule has 0 saturated carbocycles. The summed E-state index contributed by atoms with van der Waals surface area (Å²) in [7, 11) is 0. The minimum atomic E-state index is -0.670. The van der Waals surface area contributed by atoms with Crippen LogP contribution in [-0.4, -0.2) is 11.7 Å². The van der Waals surface area contributed by atoms with Crippen LogP contribution in [0.25, 0.3) is 0 Å². The fraction of sp³-hybridized carbons (Fsp3) is 0.375. The normalized spacial score (nSPS) is 19.8. The molecule has 1 aromatic carbocycles. The molecule has 0 amide bonds. The summed E-state index contributed by atoms with van der Waals surface area (Å²) in [6.45, 7) is 4.75. The van der Waals surface area contributed by atoms with Gasteiger partial charge in [-0.05, 0) is 55.5 Å². The molecular formula is C16H18FNOS. The van der Waals surface area contributed by atoms with Crippen LogP contribution in [0.5, 0.6) is 0 Å². The van der Waals surface area contributed by atoms with Gasteiger partial charge in [0.05, 0.1) is 12.1 Å². The lowest BCUT2D eigenvalue weighted by molar-refractivity contribution is 0.199. The van der Waals surface area contributed by atoms with Gasteiger partial charge in [0.15, 0.2) is 0 Å². The number of hydrogen-bond acceptors (Lipinski definition) is 3. The predicted molar refractivity (Wildman–Crippen MR) is 80.8 cm³/mol. The molecule has 2 atom stereocenters. The molecular weight excluding hydrogens is 273 g/mol. The van der Waals surface area contributed by atoms with E-state index in [0.717, 1.165) is 18.7 Å². The number of benzene rings is 1. The molecule has 1 aromatic heterocycles. The summed E-state index contributed by atoms with van der Waals surface area (Å²) in [5.41, 5.74) is 2.95. The highest BCUT2D eigenvalue weighted by Gasteiger charge is 2.27. The first-order valence-corrected chi connectivity index (χ1v) is 7.76. The van der Waals surface area contributed by atoms with Crippen molar-refractivity contribution in [3.05, 3.63) is 51.5 Å². The Kier molecular flexibility index (Phi) is 3.52. The summed E-state index contributed by atoms with van der Waals surface area (Å²) in [6, 6.07) is 7.12. The summed E-state index contributed by atoms with van der Waals surface area (Å²) >= 11 is 1.80. The van der Waals surface area contributed by atoms with Crippen molar-refractivity contribution in [2.45, 2.75) is 32.4 Å². The number of nitrogens with zero attached hydrogens (tertiary/aromatic N) is 1. The number of rotatable bonds is 2. The number of aliphatic hydroxyl groups excluding tert-OH is 1. The summed E-state index contributed by atoms with van der Waals surface area (Å²) < 4.78 is 13.4. The van der Waals surface area contributed by atoms with Gasteiger partial charge in [0.1, 0.15) is 5.82 Å². The van der Waals surface area contributed by atoms with E-state index in [9.17, 15) is 9.50 Å². The van der Waals surface area contributed by atoms with Crippen LogP contribution in [0, 0.1) is 5.82 Å². The van der Waals surface area contributed by atoms with Crippen molar-refractivity contribution in [2.75, 3.05) is 11.4 Å². The Labute approximate surface area is 122 Å². The molecule has 0 saturated heterocycles. The Bertz CT molecular complexity index is 623. The fourth-order valence-corrected chi connectivity index (χ4v) is 3.92. The van der Waals surface area contributed by atoms with E-state index >= 15 is 0 Å². The standard InChI is InChI=1S/C16H18FNOS/c1-10-13-6-8-20-16(13)5-7-18(10)15-4-3-12(17)9-14(15)11(2)19/h3-4,6,8-11,19H,5,7H2,1-2H3/t10?,11-/m0/s1.